The minimum atomic E-state index is -0.211. The van der Waals surface area contributed by atoms with E-state index in [2.05, 4.69) is 20.3 Å². The zero-order valence-electron chi connectivity index (χ0n) is 7.34. The molecule has 2 rings (SSSR count). The molecular formula is C8H9N5O. The van der Waals surface area contributed by atoms with Gasteiger partial charge in [-0.1, -0.05) is 0 Å². The first-order valence-electron chi connectivity index (χ1n) is 4.09. The molecule has 0 radical (unpaired) electrons. The Bertz CT molecular complexity index is 391. The largest absolute Gasteiger partial charge is 0.347 e. The smallest absolute Gasteiger partial charge is 0.327 e. The summed E-state index contributed by atoms with van der Waals surface area (Å²) in [5.41, 5.74) is 0.860. The van der Waals surface area contributed by atoms with Crippen molar-refractivity contribution in [1.29, 1.82) is 0 Å². The summed E-state index contributed by atoms with van der Waals surface area (Å²) in [5.74, 6) is 0. The molecular weight excluding hydrogens is 182 g/mol. The summed E-state index contributed by atoms with van der Waals surface area (Å²) in [6.07, 6.45) is 7.81. The Morgan fingerprint density at radius 3 is 3.14 bits per heavy atom. The van der Waals surface area contributed by atoms with Gasteiger partial charge in [-0.3, -0.25) is 4.57 Å². The van der Waals surface area contributed by atoms with Crippen LogP contribution >= 0.6 is 0 Å². The van der Waals surface area contributed by atoms with E-state index in [9.17, 15) is 4.79 Å². The normalized spacial score (nSPS) is 10.0. The van der Waals surface area contributed by atoms with Gasteiger partial charge in [0.1, 0.15) is 6.33 Å². The molecule has 0 aromatic carbocycles. The number of carbonyl (C=O) groups is 1. The van der Waals surface area contributed by atoms with Crippen LogP contribution in [0.4, 0.5) is 4.79 Å². The SMILES string of the molecule is O=C(NCc1cnc[nH]1)n1ccnc1. The van der Waals surface area contributed by atoms with E-state index in [-0.39, 0.29) is 6.03 Å². The maximum atomic E-state index is 11.4. The van der Waals surface area contributed by atoms with Gasteiger partial charge in [-0.25, -0.2) is 14.8 Å². The Morgan fingerprint density at radius 2 is 2.50 bits per heavy atom. The molecule has 0 saturated heterocycles. The van der Waals surface area contributed by atoms with Crippen LogP contribution in [-0.2, 0) is 6.54 Å². The minimum Gasteiger partial charge on any atom is -0.347 e. The van der Waals surface area contributed by atoms with Crippen LogP contribution in [0.15, 0.2) is 31.2 Å². The second-order valence-corrected chi connectivity index (χ2v) is 2.71. The highest BCUT2D eigenvalue weighted by Gasteiger charge is 2.02. The van der Waals surface area contributed by atoms with Crippen LogP contribution in [0.1, 0.15) is 5.69 Å². The van der Waals surface area contributed by atoms with Crippen LogP contribution in [0, 0.1) is 0 Å². The van der Waals surface area contributed by atoms with Crippen molar-refractivity contribution in [1.82, 2.24) is 24.8 Å². The molecule has 1 amide bonds. The van der Waals surface area contributed by atoms with Crippen LogP contribution in [-0.4, -0.2) is 25.6 Å². The summed E-state index contributed by atoms with van der Waals surface area (Å²) in [6, 6.07) is -0.211. The van der Waals surface area contributed by atoms with Gasteiger partial charge in [0.2, 0.25) is 0 Å². The van der Waals surface area contributed by atoms with Crippen molar-refractivity contribution in [2.75, 3.05) is 0 Å². The number of aromatic nitrogens is 4. The number of nitrogens with zero attached hydrogens (tertiary/aromatic N) is 3. The molecule has 2 aromatic rings. The topological polar surface area (TPSA) is 75.6 Å². The molecule has 0 aliphatic rings. The van der Waals surface area contributed by atoms with Gasteiger partial charge in [-0.2, -0.15) is 0 Å². The molecule has 6 heteroatoms. The van der Waals surface area contributed by atoms with Crippen LogP contribution in [0.2, 0.25) is 0 Å². The molecule has 2 N–H and O–H groups in total. The highest BCUT2D eigenvalue weighted by Crippen LogP contribution is 1.91. The monoisotopic (exact) mass is 191 g/mol. The van der Waals surface area contributed by atoms with Gasteiger partial charge in [0.05, 0.1) is 18.6 Å². The van der Waals surface area contributed by atoms with Crippen LogP contribution in [0.25, 0.3) is 0 Å². The predicted molar refractivity (Wildman–Crippen MR) is 48.4 cm³/mol. The van der Waals surface area contributed by atoms with Crippen molar-refractivity contribution in [2.24, 2.45) is 0 Å². The fourth-order valence-electron chi connectivity index (χ4n) is 1.02. The Kier molecular flexibility index (Phi) is 2.26. The second kappa shape index (κ2) is 3.73. The fraction of sp³-hybridized carbons (Fsp3) is 0.125. The van der Waals surface area contributed by atoms with E-state index in [1.807, 2.05) is 0 Å². The van der Waals surface area contributed by atoms with Gasteiger partial charge in [-0.15, -0.1) is 0 Å². The van der Waals surface area contributed by atoms with Crippen molar-refractivity contribution in [3.05, 3.63) is 36.9 Å². The number of amides is 1. The molecule has 0 aliphatic carbocycles. The van der Waals surface area contributed by atoms with Gasteiger partial charge in [0.15, 0.2) is 0 Å². The minimum absolute atomic E-state index is 0.211. The lowest BCUT2D eigenvalue weighted by atomic mass is 10.5. The standard InChI is InChI=1S/C8H9N5O/c14-8(13-2-1-9-6-13)11-4-7-3-10-5-12-7/h1-3,5-6H,4H2,(H,10,12)(H,11,14). The molecule has 2 heterocycles. The summed E-state index contributed by atoms with van der Waals surface area (Å²) in [6.45, 7) is 0.428. The van der Waals surface area contributed by atoms with Crippen molar-refractivity contribution < 1.29 is 4.79 Å². The highest BCUT2D eigenvalue weighted by atomic mass is 16.2. The zero-order valence-corrected chi connectivity index (χ0v) is 7.34. The lowest BCUT2D eigenvalue weighted by Gasteiger charge is -2.02. The molecule has 0 aliphatic heterocycles. The summed E-state index contributed by atoms with van der Waals surface area (Å²) >= 11 is 0. The fourth-order valence-corrected chi connectivity index (χ4v) is 1.02. The number of H-pyrrole nitrogens is 1. The van der Waals surface area contributed by atoms with Crippen LogP contribution in [0.5, 0.6) is 0 Å². The van der Waals surface area contributed by atoms with Gasteiger partial charge >= 0.3 is 6.03 Å². The molecule has 0 fully saturated rings. The molecule has 2 aromatic heterocycles. The summed E-state index contributed by atoms with van der Waals surface area (Å²) in [4.78, 5) is 21.9. The summed E-state index contributed by atoms with van der Waals surface area (Å²) in [7, 11) is 0. The Morgan fingerprint density at radius 1 is 1.57 bits per heavy atom. The number of aromatic amines is 1. The van der Waals surface area contributed by atoms with E-state index in [0.29, 0.717) is 6.54 Å². The van der Waals surface area contributed by atoms with E-state index < -0.39 is 0 Å². The maximum Gasteiger partial charge on any atom is 0.327 e. The van der Waals surface area contributed by atoms with Crippen LogP contribution in [0.3, 0.4) is 0 Å². The molecule has 6 nitrogen and oxygen atoms in total. The molecule has 14 heavy (non-hydrogen) atoms. The first-order chi connectivity index (χ1) is 6.86. The van der Waals surface area contributed by atoms with Gasteiger partial charge in [-0.05, 0) is 0 Å². The van der Waals surface area contributed by atoms with E-state index in [4.69, 9.17) is 0 Å². The van der Waals surface area contributed by atoms with Crippen molar-refractivity contribution in [3.63, 3.8) is 0 Å². The highest BCUT2D eigenvalue weighted by molar-refractivity contribution is 5.76. The number of carbonyl (C=O) groups excluding carboxylic acids is 1. The molecule has 0 bridgehead atoms. The van der Waals surface area contributed by atoms with Gasteiger partial charge < -0.3 is 10.3 Å². The third kappa shape index (κ3) is 1.79. The number of hydrogen-bond acceptors (Lipinski definition) is 3. The molecule has 0 saturated carbocycles. The summed E-state index contributed by atoms with van der Waals surface area (Å²) < 4.78 is 1.37. The van der Waals surface area contributed by atoms with Crippen LogP contribution < -0.4 is 5.32 Å². The average Bonchev–Trinajstić information content (AvgIpc) is 2.87. The second-order valence-electron chi connectivity index (χ2n) is 2.71. The first kappa shape index (κ1) is 8.49. The number of hydrogen-bond donors (Lipinski definition) is 2. The number of rotatable bonds is 2. The number of imidazole rings is 2. The van der Waals surface area contributed by atoms with Crippen molar-refractivity contribution in [2.45, 2.75) is 6.54 Å². The number of nitrogens with one attached hydrogen (secondary N) is 2. The van der Waals surface area contributed by atoms with E-state index in [1.165, 1.54) is 10.9 Å². The first-order valence-corrected chi connectivity index (χ1v) is 4.09. The van der Waals surface area contributed by atoms with Gasteiger partial charge in [0, 0.05) is 18.6 Å². The summed E-state index contributed by atoms with van der Waals surface area (Å²) in [5, 5.41) is 2.70. The molecule has 72 valence electrons. The third-order valence-electron chi connectivity index (χ3n) is 1.72. The van der Waals surface area contributed by atoms with E-state index in [1.54, 1.807) is 24.9 Å². The Labute approximate surface area is 80.0 Å². The Hall–Kier alpha value is -2.11. The molecule has 0 spiro atoms. The molecule has 0 atom stereocenters. The lowest BCUT2D eigenvalue weighted by molar-refractivity contribution is 0.242. The Balaban J connectivity index is 1.90. The van der Waals surface area contributed by atoms with E-state index in [0.717, 1.165) is 5.69 Å². The predicted octanol–water partition coefficient (Wildman–Crippen LogP) is 0.364. The van der Waals surface area contributed by atoms with E-state index >= 15 is 0 Å². The molecule has 0 unspecified atom stereocenters. The lowest BCUT2D eigenvalue weighted by Crippen LogP contribution is -2.27. The van der Waals surface area contributed by atoms with Crippen molar-refractivity contribution >= 4 is 6.03 Å². The average molecular weight is 191 g/mol. The third-order valence-corrected chi connectivity index (χ3v) is 1.72. The zero-order chi connectivity index (χ0) is 9.80. The van der Waals surface area contributed by atoms with Gasteiger partial charge in [0.25, 0.3) is 0 Å². The quantitative estimate of drug-likeness (QED) is 0.719. The maximum absolute atomic E-state index is 11.4. The van der Waals surface area contributed by atoms with Crippen molar-refractivity contribution in [3.8, 4) is 0 Å².